The van der Waals surface area contributed by atoms with E-state index in [2.05, 4.69) is 4.90 Å². The molecule has 19 heavy (non-hydrogen) atoms. The SMILES string of the molecule is O=C(O)C1CCCCCC1N1CCCS(=O)(=O)CC1. The molecule has 1 aliphatic carbocycles. The van der Waals surface area contributed by atoms with Gasteiger partial charge >= 0.3 is 5.97 Å². The molecule has 0 bridgehead atoms. The Kier molecular flexibility index (Phi) is 4.84. The maximum absolute atomic E-state index is 11.6. The average Bonchev–Trinajstić information content (AvgIpc) is 2.66. The fraction of sp³-hybridized carbons (Fsp3) is 0.923. The van der Waals surface area contributed by atoms with Crippen LogP contribution in [-0.2, 0) is 14.6 Å². The Morgan fingerprint density at radius 2 is 1.74 bits per heavy atom. The first-order valence-corrected chi connectivity index (χ1v) is 8.99. The molecule has 2 aliphatic rings. The molecule has 0 aromatic rings. The van der Waals surface area contributed by atoms with Crippen LogP contribution >= 0.6 is 0 Å². The van der Waals surface area contributed by atoms with Gasteiger partial charge in [-0.15, -0.1) is 0 Å². The molecule has 1 heterocycles. The lowest BCUT2D eigenvalue weighted by molar-refractivity contribution is -0.144. The highest BCUT2D eigenvalue weighted by Crippen LogP contribution is 2.28. The Morgan fingerprint density at radius 3 is 2.47 bits per heavy atom. The molecule has 2 rings (SSSR count). The average molecular weight is 289 g/mol. The van der Waals surface area contributed by atoms with Crippen molar-refractivity contribution in [1.82, 2.24) is 4.90 Å². The summed E-state index contributed by atoms with van der Waals surface area (Å²) < 4.78 is 23.3. The van der Waals surface area contributed by atoms with Crippen molar-refractivity contribution < 1.29 is 18.3 Å². The molecule has 2 atom stereocenters. The van der Waals surface area contributed by atoms with E-state index in [4.69, 9.17) is 0 Å². The first-order chi connectivity index (χ1) is 8.99. The number of carboxylic acid groups (broad SMARTS) is 1. The van der Waals surface area contributed by atoms with Crippen LogP contribution in [0.5, 0.6) is 0 Å². The highest BCUT2D eigenvalue weighted by atomic mass is 32.2. The van der Waals surface area contributed by atoms with Gasteiger partial charge in [-0.2, -0.15) is 0 Å². The van der Waals surface area contributed by atoms with Gasteiger partial charge in [0.15, 0.2) is 9.84 Å². The third kappa shape index (κ3) is 3.92. The van der Waals surface area contributed by atoms with Gasteiger partial charge in [0.05, 0.1) is 17.4 Å². The van der Waals surface area contributed by atoms with E-state index in [9.17, 15) is 18.3 Å². The molecule has 110 valence electrons. The van der Waals surface area contributed by atoms with Crippen molar-refractivity contribution >= 4 is 15.8 Å². The summed E-state index contributed by atoms with van der Waals surface area (Å²) in [6, 6.07) is 0.0216. The highest BCUT2D eigenvalue weighted by Gasteiger charge is 2.34. The maximum atomic E-state index is 11.6. The molecular formula is C13H23NO4S. The minimum Gasteiger partial charge on any atom is -0.481 e. The Bertz CT molecular complexity index is 420. The molecule has 5 nitrogen and oxygen atoms in total. The summed E-state index contributed by atoms with van der Waals surface area (Å²) in [5.41, 5.74) is 0. The van der Waals surface area contributed by atoms with Crippen LogP contribution in [0.4, 0.5) is 0 Å². The first kappa shape index (κ1) is 14.8. The van der Waals surface area contributed by atoms with Crippen LogP contribution in [0.15, 0.2) is 0 Å². The summed E-state index contributed by atoms with van der Waals surface area (Å²) in [4.78, 5) is 13.5. The zero-order chi connectivity index (χ0) is 13.9. The van der Waals surface area contributed by atoms with Crippen LogP contribution in [-0.4, -0.2) is 55.0 Å². The second-order valence-electron chi connectivity index (χ2n) is 5.69. The molecule has 0 aromatic heterocycles. The van der Waals surface area contributed by atoms with Gasteiger partial charge in [0.25, 0.3) is 0 Å². The van der Waals surface area contributed by atoms with E-state index in [0.717, 1.165) is 32.1 Å². The molecule has 2 unspecified atom stereocenters. The predicted molar refractivity (Wildman–Crippen MR) is 72.8 cm³/mol. The summed E-state index contributed by atoms with van der Waals surface area (Å²) in [5.74, 6) is -0.633. The number of aliphatic carboxylic acids is 1. The van der Waals surface area contributed by atoms with Gasteiger partial charge in [0, 0.05) is 12.6 Å². The third-order valence-corrected chi connectivity index (χ3v) is 6.07. The zero-order valence-corrected chi connectivity index (χ0v) is 12.1. The zero-order valence-electron chi connectivity index (χ0n) is 11.3. The van der Waals surface area contributed by atoms with Gasteiger partial charge in [-0.1, -0.05) is 19.3 Å². The van der Waals surface area contributed by atoms with Gasteiger partial charge < -0.3 is 5.11 Å². The van der Waals surface area contributed by atoms with Crippen LogP contribution in [0.1, 0.15) is 38.5 Å². The van der Waals surface area contributed by atoms with Crippen LogP contribution in [0, 0.1) is 5.92 Å². The second-order valence-corrected chi connectivity index (χ2v) is 8.00. The number of carboxylic acids is 1. The minimum absolute atomic E-state index is 0.0216. The Labute approximate surface area is 114 Å². The summed E-state index contributed by atoms with van der Waals surface area (Å²) in [6.45, 7) is 1.21. The van der Waals surface area contributed by atoms with Gasteiger partial charge in [0.2, 0.25) is 0 Å². The molecule has 0 spiro atoms. The summed E-state index contributed by atoms with van der Waals surface area (Å²) in [7, 11) is -2.93. The summed E-state index contributed by atoms with van der Waals surface area (Å²) in [6.07, 6.45) is 5.36. The van der Waals surface area contributed by atoms with Crippen LogP contribution < -0.4 is 0 Å². The largest absolute Gasteiger partial charge is 0.481 e. The van der Waals surface area contributed by atoms with E-state index in [-0.39, 0.29) is 23.5 Å². The number of hydrogen-bond acceptors (Lipinski definition) is 4. The van der Waals surface area contributed by atoms with E-state index < -0.39 is 15.8 Å². The number of rotatable bonds is 2. The van der Waals surface area contributed by atoms with Crippen LogP contribution in [0.2, 0.25) is 0 Å². The predicted octanol–water partition coefficient (Wildman–Crippen LogP) is 1.14. The topological polar surface area (TPSA) is 74.7 Å². The van der Waals surface area contributed by atoms with E-state index in [1.807, 2.05) is 0 Å². The lowest BCUT2D eigenvalue weighted by atomic mass is 9.93. The van der Waals surface area contributed by atoms with Crippen molar-refractivity contribution in [2.24, 2.45) is 5.92 Å². The molecule has 1 aliphatic heterocycles. The minimum atomic E-state index is -2.93. The molecule has 1 saturated carbocycles. The third-order valence-electron chi connectivity index (χ3n) is 4.36. The lowest BCUT2D eigenvalue weighted by Gasteiger charge is -2.33. The van der Waals surface area contributed by atoms with Crippen molar-refractivity contribution in [3.05, 3.63) is 0 Å². The Balaban J connectivity index is 2.10. The quantitative estimate of drug-likeness (QED) is 0.772. The number of carbonyl (C=O) groups is 1. The Hall–Kier alpha value is -0.620. The first-order valence-electron chi connectivity index (χ1n) is 7.17. The number of hydrogen-bond donors (Lipinski definition) is 1. The molecule has 1 saturated heterocycles. The second kappa shape index (κ2) is 6.22. The summed E-state index contributed by atoms with van der Waals surface area (Å²) >= 11 is 0. The molecule has 0 amide bonds. The van der Waals surface area contributed by atoms with Gasteiger partial charge in [-0.25, -0.2) is 8.42 Å². The standard InChI is InChI=1S/C13H23NO4S/c15-13(16)11-5-2-1-3-6-12(11)14-7-4-9-19(17,18)10-8-14/h11-12H,1-10H2,(H,15,16). The van der Waals surface area contributed by atoms with Gasteiger partial charge in [-0.3, -0.25) is 9.69 Å². The molecule has 1 N–H and O–H groups in total. The molecule has 6 heteroatoms. The molecule has 0 aromatic carbocycles. The number of sulfone groups is 1. The molecular weight excluding hydrogens is 266 g/mol. The van der Waals surface area contributed by atoms with E-state index in [1.54, 1.807) is 0 Å². The van der Waals surface area contributed by atoms with Crippen molar-refractivity contribution in [3.8, 4) is 0 Å². The van der Waals surface area contributed by atoms with Crippen molar-refractivity contribution in [2.45, 2.75) is 44.6 Å². The van der Waals surface area contributed by atoms with E-state index in [0.29, 0.717) is 19.5 Å². The number of nitrogens with zero attached hydrogens (tertiary/aromatic N) is 1. The van der Waals surface area contributed by atoms with Gasteiger partial charge in [-0.05, 0) is 25.8 Å². The Morgan fingerprint density at radius 1 is 1.00 bits per heavy atom. The van der Waals surface area contributed by atoms with Gasteiger partial charge in [0.1, 0.15) is 0 Å². The van der Waals surface area contributed by atoms with Crippen LogP contribution in [0.3, 0.4) is 0 Å². The smallest absolute Gasteiger partial charge is 0.308 e. The normalized spacial score (nSPS) is 33.3. The fourth-order valence-corrected chi connectivity index (χ4v) is 4.59. The molecule has 2 fully saturated rings. The van der Waals surface area contributed by atoms with E-state index >= 15 is 0 Å². The summed E-state index contributed by atoms with van der Waals surface area (Å²) in [5, 5.41) is 9.39. The molecule has 0 radical (unpaired) electrons. The van der Waals surface area contributed by atoms with Crippen LogP contribution in [0.25, 0.3) is 0 Å². The highest BCUT2D eigenvalue weighted by molar-refractivity contribution is 7.91. The van der Waals surface area contributed by atoms with Crippen molar-refractivity contribution in [3.63, 3.8) is 0 Å². The fourth-order valence-electron chi connectivity index (χ4n) is 3.30. The lowest BCUT2D eigenvalue weighted by Crippen LogP contribution is -2.44. The van der Waals surface area contributed by atoms with E-state index in [1.165, 1.54) is 0 Å². The van der Waals surface area contributed by atoms with Crippen molar-refractivity contribution in [1.29, 1.82) is 0 Å². The maximum Gasteiger partial charge on any atom is 0.308 e. The monoisotopic (exact) mass is 289 g/mol. The van der Waals surface area contributed by atoms with Crippen molar-refractivity contribution in [2.75, 3.05) is 24.6 Å².